The van der Waals surface area contributed by atoms with Crippen LogP contribution < -0.4 is 15.2 Å². The van der Waals surface area contributed by atoms with Gasteiger partial charge in [-0.1, -0.05) is 15.9 Å². The molecule has 1 aromatic rings. The van der Waals surface area contributed by atoms with Crippen LogP contribution in [0.5, 0.6) is 5.75 Å². The van der Waals surface area contributed by atoms with Gasteiger partial charge in [0.1, 0.15) is 10.6 Å². The molecule has 20 heavy (non-hydrogen) atoms. The molecule has 0 aliphatic heterocycles. The summed E-state index contributed by atoms with van der Waals surface area (Å²) >= 11 is 3.22. The number of halogens is 1. The van der Waals surface area contributed by atoms with Crippen molar-refractivity contribution in [2.24, 2.45) is 5.14 Å². The fourth-order valence-electron chi connectivity index (χ4n) is 1.63. The molecule has 112 valence electrons. The Balaban J connectivity index is 2.87. The highest BCUT2D eigenvalue weighted by Crippen LogP contribution is 2.31. The van der Waals surface area contributed by atoms with Crippen LogP contribution in [-0.2, 0) is 14.8 Å². The van der Waals surface area contributed by atoms with Gasteiger partial charge >= 0.3 is 0 Å². The van der Waals surface area contributed by atoms with Crippen molar-refractivity contribution in [1.82, 2.24) is 5.32 Å². The summed E-state index contributed by atoms with van der Waals surface area (Å²) in [6.07, 6.45) is 0.802. The molecule has 1 rings (SSSR count). The van der Waals surface area contributed by atoms with Gasteiger partial charge in [-0.25, -0.2) is 13.6 Å². The molecule has 0 radical (unpaired) electrons. The van der Waals surface area contributed by atoms with Gasteiger partial charge in [0.25, 0.3) is 0 Å². The molecule has 0 bridgehead atoms. The molecule has 6 nitrogen and oxygen atoms in total. The Hall–Kier alpha value is -1.12. The summed E-state index contributed by atoms with van der Waals surface area (Å²) < 4.78 is 29.2. The second kappa shape index (κ2) is 7.05. The Kier molecular flexibility index (Phi) is 5.97. The maximum atomic E-state index is 11.6. The summed E-state index contributed by atoms with van der Waals surface area (Å²) in [6.45, 7) is 1.96. The van der Waals surface area contributed by atoms with Crippen molar-refractivity contribution < 1.29 is 17.9 Å². The number of hydrogen-bond donors (Lipinski definition) is 2. The first-order valence-electron chi connectivity index (χ1n) is 5.92. The van der Waals surface area contributed by atoms with Crippen molar-refractivity contribution in [3.8, 4) is 5.75 Å². The number of ether oxygens (including phenoxy) is 1. The van der Waals surface area contributed by atoms with Crippen LogP contribution >= 0.6 is 15.9 Å². The van der Waals surface area contributed by atoms with Crippen molar-refractivity contribution in [2.75, 3.05) is 13.7 Å². The number of benzene rings is 1. The Morgan fingerprint density at radius 2 is 2.10 bits per heavy atom. The van der Waals surface area contributed by atoms with Crippen LogP contribution in [0.15, 0.2) is 21.5 Å². The zero-order valence-electron chi connectivity index (χ0n) is 11.3. The Morgan fingerprint density at radius 1 is 1.45 bits per heavy atom. The lowest BCUT2D eigenvalue weighted by atomic mass is 10.2. The van der Waals surface area contributed by atoms with Gasteiger partial charge in [0.2, 0.25) is 15.9 Å². The molecule has 1 amide bonds. The Bertz CT molecular complexity index is 602. The summed E-state index contributed by atoms with van der Waals surface area (Å²) in [4.78, 5) is 11.0. The monoisotopic (exact) mass is 364 g/mol. The van der Waals surface area contributed by atoms with E-state index in [0.717, 1.165) is 0 Å². The Labute approximate surface area is 126 Å². The van der Waals surface area contributed by atoms with Crippen molar-refractivity contribution in [3.05, 3.63) is 22.2 Å². The van der Waals surface area contributed by atoms with Gasteiger partial charge in [-0.2, -0.15) is 0 Å². The number of nitrogens with two attached hydrogens (primary N) is 1. The fraction of sp³-hybridized carbons (Fsp3) is 0.417. The highest BCUT2D eigenvalue weighted by atomic mass is 79.9. The van der Waals surface area contributed by atoms with E-state index in [0.29, 0.717) is 22.9 Å². The molecule has 0 saturated carbocycles. The first-order valence-corrected chi connectivity index (χ1v) is 8.26. The van der Waals surface area contributed by atoms with Gasteiger partial charge < -0.3 is 10.1 Å². The zero-order chi connectivity index (χ0) is 15.3. The maximum absolute atomic E-state index is 11.6. The third-order valence-corrected chi connectivity index (χ3v) is 3.96. The molecule has 3 N–H and O–H groups in total. The average molecular weight is 365 g/mol. The van der Waals surface area contributed by atoms with Crippen molar-refractivity contribution in [2.45, 2.75) is 24.7 Å². The number of carbonyl (C=O) groups excluding carboxylic acids is 1. The second-order valence-electron chi connectivity index (χ2n) is 4.22. The number of primary sulfonamides is 1. The van der Waals surface area contributed by atoms with Gasteiger partial charge in [0.05, 0.1) is 6.61 Å². The van der Waals surface area contributed by atoms with Gasteiger partial charge in [0, 0.05) is 17.9 Å². The normalized spacial score (nSPS) is 11.2. The van der Waals surface area contributed by atoms with Crippen LogP contribution in [0.3, 0.4) is 0 Å². The molecule has 0 saturated heterocycles. The Morgan fingerprint density at radius 3 is 2.65 bits per heavy atom. The molecule has 8 heteroatoms. The number of carbonyl (C=O) groups is 1. The number of rotatable bonds is 6. The smallest absolute Gasteiger partial charge is 0.241 e. The molecule has 0 heterocycles. The van der Waals surface area contributed by atoms with Gasteiger partial charge in [0.15, 0.2) is 0 Å². The molecule has 0 aliphatic carbocycles. The molecule has 0 spiro atoms. The van der Waals surface area contributed by atoms with E-state index in [9.17, 15) is 13.2 Å². The van der Waals surface area contributed by atoms with Crippen molar-refractivity contribution >= 4 is 31.9 Å². The largest absolute Gasteiger partial charge is 0.492 e. The molecule has 1 aromatic carbocycles. The van der Waals surface area contributed by atoms with E-state index in [4.69, 9.17) is 9.88 Å². The SMILES string of the molecule is CNC(=O)CCCOc1c(C)cc(Br)cc1S(N)(=O)=O. The predicted molar refractivity (Wildman–Crippen MR) is 79.0 cm³/mol. The number of amides is 1. The lowest BCUT2D eigenvalue weighted by Crippen LogP contribution is -2.18. The minimum absolute atomic E-state index is 0.0654. The quantitative estimate of drug-likeness (QED) is 0.743. The number of aryl methyl sites for hydroxylation is 1. The van der Waals surface area contributed by atoms with Crippen LogP contribution in [0.2, 0.25) is 0 Å². The molecular weight excluding hydrogens is 348 g/mol. The fourth-order valence-corrected chi connectivity index (χ4v) is 3.12. The second-order valence-corrected chi connectivity index (χ2v) is 6.67. The van der Waals surface area contributed by atoms with E-state index < -0.39 is 10.0 Å². The highest BCUT2D eigenvalue weighted by molar-refractivity contribution is 9.10. The molecule has 0 fully saturated rings. The van der Waals surface area contributed by atoms with Crippen LogP contribution in [0, 0.1) is 6.92 Å². The highest BCUT2D eigenvalue weighted by Gasteiger charge is 2.18. The van der Waals surface area contributed by atoms with Gasteiger partial charge in [-0.15, -0.1) is 0 Å². The molecular formula is C12H17BrN2O4S. The van der Waals surface area contributed by atoms with Crippen molar-refractivity contribution in [1.29, 1.82) is 0 Å². The van der Waals surface area contributed by atoms with E-state index in [-0.39, 0.29) is 23.2 Å². The molecule has 0 aliphatic rings. The zero-order valence-corrected chi connectivity index (χ0v) is 13.7. The lowest BCUT2D eigenvalue weighted by Gasteiger charge is -2.13. The van der Waals surface area contributed by atoms with Crippen LogP contribution in [-0.4, -0.2) is 28.0 Å². The van der Waals surface area contributed by atoms with E-state index in [2.05, 4.69) is 21.2 Å². The number of hydrogen-bond acceptors (Lipinski definition) is 4. The average Bonchev–Trinajstić information content (AvgIpc) is 2.34. The van der Waals surface area contributed by atoms with Gasteiger partial charge in [-0.05, 0) is 31.0 Å². The molecule has 0 unspecified atom stereocenters. The summed E-state index contributed by atoms with van der Waals surface area (Å²) in [5.41, 5.74) is 0.656. The topological polar surface area (TPSA) is 98.5 Å². The summed E-state index contributed by atoms with van der Waals surface area (Å²) in [6, 6.07) is 3.14. The third-order valence-electron chi connectivity index (χ3n) is 2.59. The predicted octanol–water partition coefficient (Wildman–Crippen LogP) is 1.31. The summed E-state index contributed by atoms with van der Waals surface area (Å²) in [5.74, 6) is 0.139. The van der Waals surface area contributed by atoms with E-state index in [1.54, 1.807) is 20.0 Å². The third kappa shape index (κ3) is 4.77. The van der Waals surface area contributed by atoms with E-state index >= 15 is 0 Å². The van der Waals surface area contributed by atoms with E-state index in [1.165, 1.54) is 6.07 Å². The maximum Gasteiger partial charge on any atom is 0.241 e. The summed E-state index contributed by atoms with van der Waals surface area (Å²) in [7, 11) is -2.31. The molecule has 0 aromatic heterocycles. The van der Waals surface area contributed by atoms with Crippen LogP contribution in [0.4, 0.5) is 0 Å². The number of sulfonamides is 1. The lowest BCUT2D eigenvalue weighted by molar-refractivity contribution is -0.120. The standard InChI is InChI=1S/C12H17BrN2O4S/c1-8-6-9(13)7-10(20(14,17)18)12(8)19-5-3-4-11(16)15-2/h6-7H,3-5H2,1-2H3,(H,15,16)(H2,14,17,18). The van der Waals surface area contributed by atoms with E-state index in [1.807, 2.05) is 0 Å². The first-order chi connectivity index (χ1) is 9.25. The van der Waals surface area contributed by atoms with Crippen molar-refractivity contribution in [3.63, 3.8) is 0 Å². The minimum Gasteiger partial charge on any atom is -0.492 e. The first kappa shape index (κ1) is 16.9. The summed E-state index contributed by atoms with van der Waals surface area (Å²) in [5, 5.41) is 7.68. The number of nitrogens with one attached hydrogen (secondary N) is 1. The minimum atomic E-state index is -3.87. The molecule has 0 atom stereocenters. The van der Waals surface area contributed by atoms with Crippen LogP contribution in [0.25, 0.3) is 0 Å². The van der Waals surface area contributed by atoms with Crippen LogP contribution in [0.1, 0.15) is 18.4 Å². The van der Waals surface area contributed by atoms with Gasteiger partial charge in [-0.3, -0.25) is 4.79 Å².